The van der Waals surface area contributed by atoms with Gasteiger partial charge in [0, 0.05) is 54.9 Å². The van der Waals surface area contributed by atoms with Gasteiger partial charge in [0.05, 0.1) is 0 Å². The molecular formula is C16H26ClN3OS. The molecule has 0 aliphatic carbocycles. The lowest BCUT2D eigenvalue weighted by molar-refractivity contribution is -0.132. The van der Waals surface area contributed by atoms with E-state index in [2.05, 4.69) is 29.3 Å². The lowest BCUT2D eigenvalue weighted by Gasteiger charge is -2.29. The molecule has 2 aliphatic heterocycles. The Morgan fingerprint density at radius 1 is 1.32 bits per heavy atom. The first kappa shape index (κ1) is 17.7. The van der Waals surface area contributed by atoms with Gasteiger partial charge in [-0.3, -0.25) is 9.69 Å². The van der Waals surface area contributed by atoms with Crippen molar-refractivity contribution in [3.8, 4) is 0 Å². The largest absolute Gasteiger partial charge is 0.340 e. The van der Waals surface area contributed by atoms with Crippen LogP contribution in [0.1, 0.15) is 35.1 Å². The monoisotopic (exact) mass is 343 g/mol. The van der Waals surface area contributed by atoms with Crippen molar-refractivity contribution in [1.29, 1.82) is 0 Å². The van der Waals surface area contributed by atoms with Gasteiger partial charge in [-0.1, -0.05) is 0 Å². The average Bonchev–Trinajstić information content (AvgIpc) is 3.14. The quantitative estimate of drug-likeness (QED) is 0.912. The second kappa shape index (κ2) is 8.29. The Labute approximate surface area is 143 Å². The first-order valence-corrected chi connectivity index (χ1v) is 8.84. The molecule has 6 heteroatoms. The summed E-state index contributed by atoms with van der Waals surface area (Å²) in [7, 11) is 0. The van der Waals surface area contributed by atoms with Crippen LogP contribution in [-0.2, 0) is 4.79 Å². The van der Waals surface area contributed by atoms with Crippen LogP contribution < -0.4 is 5.32 Å². The van der Waals surface area contributed by atoms with E-state index in [1.807, 2.05) is 16.2 Å². The third-order valence-corrected chi connectivity index (χ3v) is 5.64. The van der Waals surface area contributed by atoms with E-state index in [9.17, 15) is 4.79 Å². The molecular weight excluding hydrogens is 318 g/mol. The van der Waals surface area contributed by atoms with Crippen LogP contribution in [0.3, 0.4) is 0 Å². The number of piperazine rings is 1. The minimum absolute atomic E-state index is 0. The van der Waals surface area contributed by atoms with Crippen molar-refractivity contribution in [1.82, 2.24) is 15.1 Å². The van der Waals surface area contributed by atoms with E-state index in [0.717, 1.165) is 39.3 Å². The molecule has 3 rings (SSSR count). The van der Waals surface area contributed by atoms with E-state index in [4.69, 9.17) is 0 Å². The summed E-state index contributed by atoms with van der Waals surface area (Å²) >= 11 is 1.91. The smallest absolute Gasteiger partial charge is 0.223 e. The second-order valence-corrected chi connectivity index (χ2v) is 7.34. The van der Waals surface area contributed by atoms with Gasteiger partial charge in [-0.2, -0.15) is 0 Å². The predicted octanol–water partition coefficient (Wildman–Crippen LogP) is 2.44. The Kier molecular flexibility index (Phi) is 6.68. The van der Waals surface area contributed by atoms with E-state index < -0.39 is 0 Å². The molecule has 2 aliphatic rings. The Morgan fingerprint density at radius 2 is 2.09 bits per heavy atom. The maximum atomic E-state index is 12.3. The fourth-order valence-electron chi connectivity index (χ4n) is 3.36. The summed E-state index contributed by atoms with van der Waals surface area (Å²) < 4.78 is 0. The molecule has 1 aromatic rings. The lowest BCUT2D eigenvalue weighted by atomic mass is 10.2. The van der Waals surface area contributed by atoms with Crippen molar-refractivity contribution >= 4 is 29.7 Å². The SMILES string of the molecule is Cc1ccc(C2CCCN2CCC(=O)N2CCNCC2)s1.Cl. The molecule has 2 saturated heterocycles. The standard InChI is InChI=1S/C16H25N3OS.ClH/c1-13-4-5-15(21-13)14-3-2-9-18(14)10-6-16(20)19-11-7-17-8-12-19;/h4-5,14,17H,2-3,6-12H2,1H3;1H. The summed E-state index contributed by atoms with van der Waals surface area (Å²) in [6.07, 6.45) is 3.16. The zero-order valence-electron chi connectivity index (χ0n) is 13.2. The van der Waals surface area contributed by atoms with Gasteiger partial charge < -0.3 is 10.2 Å². The van der Waals surface area contributed by atoms with E-state index in [1.165, 1.54) is 22.6 Å². The molecule has 124 valence electrons. The Hall–Kier alpha value is -0.620. The number of aryl methyl sites for hydroxylation is 1. The first-order chi connectivity index (χ1) is 10.2. The molecule has 0 bridgehead atoms. The molecule has 4 nitrogen and oxygen atoms in total. The Bertz CT molecular complexity index is 487. The van der Waals surface area contributed by atoms with Crippen LogP contribution in [0.25, 0.3) is 0 Å². The van der Waals surface area contributed by atoms with Crippen LogP contribution >= 0.6 is 23.7 Å². The van der Waals surface area contributed by atoms with Gasteiger partial charge in [0.1, 0.15) is 0 Å². The van der Waals surface area contributed by atoms with E-state index in [0.29, 0.717) is 18.4 Å². The maximum Gasteiger partial charge on any atom is 0.223 e. The number of amides is 1. The number of hydrogen-bond acceptors (Lipinski definition) is 4. The predicted molar refractivity (Wildman–Crippen MR) is 93.9 cm³/mol. The zero-order chi connectivity index (χ0) is 14.7. The first-order valence-electron chi connectivity index (χ1n) is 8.03. The average molecular weight is 344 g/mol. The lowest BCUT2D eigenvalue weighted by Crippen LogP contribution is -2.47. The highest BCUT2D eigenvalue weighted by atomic mass is 35.5. The highest BCUT2D eigenvalue weighted by molar-refractivity contribution is 7.12. The fraction of sp³-hybridized carbons (Fsp3) is 0.688. The molecule has 0 saturated carbocycles. The fourth-order valence-corrected chi connectivity index (χ4v) is 4.41. The van der Waals surface area contributed by atoms with Gasteiger partial charge in [0.15, 0.2) is 0 Å². The highest BCUT2D eigenvalue weighted by Crippen LogP contribution is 2.35. The normalized spacial score (nSPS) is 22.6. The summed E-state index contributed by atoms with van der Waals surface area (Å²) in [5.74, 6) is 0.324. The van der Waals surface area contributed by atoms with Crippen LogP contribution in [0.5, 0.6) is 0 Å². The van der Waals surface area contributed by atoms with Crippen LogP contribution in [0.4, 0.5) is 0 Å². The Morgan fingerprint density at radius 3 is 2.77 bits per heavy atom. The maximum absolute atomic E-state index is 12.3. The number of carbonyl (C=O) groups is 1. The van der Waals surface area contributed by atoms with Crippen LogP contribution in [0.15, 0.2) is 12.1 Å². The van der Waals surface area contributed by atoms with Crippen molar-refractivity contribution in [3.63, 3.8) is 0 Å². The second-order valence-electron chi connectivity index (χ2n) is 6.02. The van der Waals surface area contributed by atoms with E-state index >= 15 is 0 Å². The zero-order valence-corrected chi connectivity index (χ0v) is 14.8. The van der Waals surface area contributed by atoms with E-state index in [-0.39, 0.29) is 12.4 Å². The minimum Gasteiger partial charge on any atom is -0.340 e. The number of hydrogen-bond donors (Lipinski definition) is 1. The number of rotatable bonds is 4. The molecule has 1 aromatic heterocycles. The summed E-state index contributed by atoms with van der Waals surface area (Å²) in [4.78, 5) is 19.6. The highest BCUT2D eigenvalue weighted by Gasteiger charge is 2.27. The third-order valence-electron chi connectivity index (χ3n) is 4.54. The summed E-state index contributed by atoms with van der Waals surface area (Å²) in [6, 6.07) is 5.02. The number of likely N-dealkylation sites (tertiary alicyclic amines) is 1. The molecule has 1 amide bonds. The van der Waals surface area contributed by atoms with Gasteiger partial charge in [0.25, 0.3) is 0 Å². The minimum atomic E-state index is 0. The number of carbonyl (C=O) groups excluding carboxylic acids is 1. The van der Waals surface area contributed by atoms with Crippen LogP contribution in [-0.4, -0.2) is 55.0 Å². The molecule has 0 aromatic carbocycles. The van der Waals surface area contributed by atoms with Crippen molar-refractivity contribution < 1.29 is 4.79 Å². The number of halogens is 1. The molecule has 0 radical (unpaired) electrons. The van der Waals surface area contributed by atoms with Gasteiger partial charge in [-0.15, -0.1) is 23.7 Å². The van der Waals surface area contributed by atoms with Crippen LogP contribution in [0, 0.1) is 6.92 Å². The number of thiophene rings is 1. The van der Waals surface area contributed by atoms with Gasteiger partial charge in [-0.05, 0) is 38.4 Å². The third kappa shape index (κ3) is 4.22. The van der Waals surface area contributed by atoms with Gasteiger partial charge in [0.2, 0.25) is 5.91 Å². The number of nitrogens with zero attached hydrogens (tertiary/aromatic N) is 2. The van der Waals surface area contributed by atoms with Crippen LogP contribution in [0.2, 0.25) is 0 Å². The van der Waals surface area contributed by atoms with Gasteiger partial charge in [-0.25, -0.2) is 0 Å². The Balaban J connectivity index is 0.00000176. The van der Waals surface area contributed by atoms with E-state index in [1.54, 1.807) is 0 Å². The molecule has 22 heavy (non-hydrogen) atoms. The molecule has 3 heterocycles. The summed E-state index contributed by atoms with van der Waals surface area (Å²) in [5.41, 5.74) is 0. The summed E-state index contributed by atoms with van der Waals surface area (Å²) in [6.45, 7) is 7.82. The molecule has 2 fully saturated rings. The van der Waals surface area contributed by atoms with Gasteiger partial charge >= 0.3 is 0 Å². The molecule has 0 spiro atoms. The topological polar surface area (TPSA) is 35.6 Å². The molecule has 1 atom stereocenters. The van der Waals surface area contributed by atoms with Crippen molar-refractivity contribution in [2.24, 2.45) is 0 Å². The van der Waals surface area contributed by atoms with Crippen molar-refractivity contribution in [2.45, 2.75) is 32.2 Å². The van der Waals surface area contributed by atoms with Crippen molar-refractivity contribution in [3.05, 3.63) is 21.9 Å². The van der Waals surface area contributed by atoms with Crippen molar-refractivity contribution in [2.75, 3.05) is 39.3 Å². The molecule has 1 unspecified atom stereocenters. The number of nitrogens with one attached hydrogen (secondary N) is 1. The summed E-state index contributed by atoms with van der Waals surface area (Å²) in [5, 5.41) is 3.29. The molecule has 1 N–H and O–H groups in total.